The average molecular weight is 556 g/mol. The van der Waals surface area contributed by atoms with Crippen molar-refractivity contribution >= 4 is 11.9 Å². The van der Waals surface area contributed by atoms with Gasteiger partial charge in [0.1, 0.15) is 11.8 Å². The third-order valence-electron chi connectivity index (χ3n) is 12.3. The first-order valence-electron chi connectivity index (χ1n) is 15.6. The Balaban J connectivity index is 1.20. The van der Waals surface area contributed by atoms with E-state index in [4.69, 9.17) is 0 Å². The summed E-state index contributed by atoms with van der Waals surface area (Å²) in [5, 5.41) is 43.9. The number of carbonyl (C=O) groups is 2. The summed E-state index contributed by atoms with van der Waals surface area (Å²) in [5.74, 6) is 1.59. The number of amides is 1. The maximum Gasteiger partial charge on any atom is 0.326 e. The van der Waals surface area contributed by atoms with Gasteiger partial charge in [-0.1, -0.05) is 32.9 Å². The number of aliphatic hydroxyl groups is 2. The van der Waals surface area contributed by atoms with E-state index in [1.54, 1.807) is 12.1 Å². The molecule has 7 heteroatoms. The molecule has 0 aliphatic heterocycles. The molecule has 0 radical (unpaired) electrons. The minimum Gasteiger partial charge on any atom is -0.508 e. The van der Waals surface area contributed by atoms with Gasteiger partial charge in [0.25, 0.3) is 0 Å². The molecule has 5 rings (SSSR count). The van der Waals surface area contributed by atoms with E-state index in [0.717, 1.165) is 44.1 Å². The second-order valence-electron chi connectivity index (χ2n) is 14.2. The minimum absolute atomic E-state index is 0.116. The number of phenols is 1. The summed E-state index contributed by atoms with van der Waals surface area (Å²) in [4.78, 5) is 24.7. The summed E-state index contributed by atoms with van der Waals surface area (Å²) in [6.45, 7) is 6.95. The molecule has 7 nitrogen and oxygen atoms in total. The van der Waals surface area contributed by atoms with Crippen molar-refractivity contribution in [1.29, 1.82) is 0 Å². The van der Waals surface area contributed by atoms with Crippen LogP contribution in [-0.4, -0.2) is 50.6 Å². The minimum atomic E-state index is -1.07. The monoisotopic (exact) mass is 555 g/mol. The molecule has 1 aromatic rings. The van der Waals surface area contributed by atoms with Gasteiger partial charge in [-0.2, -0.15) is 0 Å². The van der Waals surface area contributed by atoms with Crippen LogP contribution >= 0.6 is 0 Å². The summed E-state index contributed by atoms with van der Waals surface area (Å²) < 4.78 is 0. The number of hydrogen-bond acceptors (Lipinski definition) is 5. The fraction of sp³-hybridized carbons (Fsp3) is 0.758. The van der Waals surface area contributed by atoms with Crippen molar-refractivity contribution in [3.8, 4) is 5.75 Å². The molecule has 4 saturated carbocycles. The van der Waals surface area contributed by atoms with E-state index in [-0.39, 0.29) is 53.5 Å². The molecular weight excluding hydrogens is 506 g/mol. The number of benzene rings is 1. The van der Waals surface area contributed by atoms with Crippen LogP contribution in [0.25, 0.3) is 0 Å². The van der Waals surface area contributed by atoms with E-state index in [2.05, 4.69) is 26.1 Å². The van der Waals surface area contributed by atoms with Crippen LogP contribution in [0.5, 0.6) is 5.75 Å². The van der Waals surface area contributed by atoms with Gasteiger partial charge in [0, 0.05) is 12.8 Å². The van der Waals surface area contributed by atoms with Crippen molar-refractivity contribution in [2.75, 3.05) is 0 Å². The molecule has 1 amide bonds. The molecule has 0 bridgehead atoms. The molecular formula is C33H49NO6. The highest BCUT2D eigenvalue weighted by atomic mass is 16.4. The molecule has 0 heterocycles. The van der Waals surface area contributed by atoms with Gasteiger partial charge < -0.3 is 25.7 Å². The van der Waals surface area contributed by atoms with Crippen LogP contribution < -0.4 is 5.32 Å². The topological polar surface area (TPSA) is 127 Å². The molecule has 4 aliphatic rings. The molecule has 222 valence electrons. The number of carbonyl (C=O) groups excluding carboxylic acids is 1. The number of hydrogen-bond donors (Lipinski definition) is 5. The lowest BCUT2D eigenvalue weighted by molar-refractivity contribution is -0.175. The van der Waals surface area contributed by atoms with Gasteiger partial charge in [-0.25, -0.2) is 4.79 Å². The summed E-state index contributed by atoms with van der Waals surface area (Å²) in [6.07, 6.45) is 8.87. The fourth-order valence-electron chi connectivity index (χ4n) is 10.1. The predicted molar refractivity (Wildman–Crippen MR) is 152 cm³/mol. The number of carboxylic acids is 1. The maximum absolute atomic E-state index is 12.8. The Hall–Kier alpha value is -2.12. The molecule has 11 atom stereocenters. The van der Waals surface area contributed by atoms with Gasteiger partial charge in [-0.3, -0.25) is 4.79 Å². The van der Waals surface area contributed by atoms with E-state index in [0.29, 0.717) is 36.0 Å². The van der Waals surface area contributed by atoms with Crippen molar-refractivity contribution in [3.63, 3.8) is 0 Å². The van der Waals surface area contributed by atoms with E-state index >= 15 is 0 Å². The number of aliphatic hydroxyl groups excluding tert-OH is 2. The fourth-order valence-corrected chi connectivity index (χ4v) is 10.1. The summed E-state index contributed by atoms with van der Waals surface area (Å²) >= 11 is 0. The third kappa shape index (κ3) is 5.29. The maximum atomic E-state index is 12.8. The molecule has 5 N–H and O–H groups in total. The highest BCUT2D eigenvalue weighted by Gasteiger charge is 2.63. The Labute approximate surface area is 238 Å². The van der Waals surface area contributed by atoms with E-state index in [1.165, 1.54) is 25.0 Å². The first-order chi connectivity index (χ1) is 18.9. The number of carboxylic acid groups (broad SMARTS) is 1. The summed E-state index contributed by atoms with van der Waals surface area (Å²) in [6, 6.07) is 5.35. The molecule has 0 saturated heterocycles. The average Bonchev–Trinajstić information content (AvgIpc) is 3.28. The van der Waals surface area contributed by atoms with Crippen molar-refractivity contribution in [1.82, 2.24) is 5.32 Å². The zero-order chi connectivity index (χ0) is 28.8. The highest BCUT2D eigenvalue weighted by molar-refractivity contribution is 5.83. The smallest absolute Gasteiger partial charge is 0.326 e. The molecule has 40 heavy (non-hydrogen) atoms. The lowest BCUT2D eigenvalue weighted by Crippen LogP contribution is -2.58. The number of aliphatic carboxylic acids is 1. The highest BCUT2D eigenvalue weighted by Crippen LogP contribution is 2.68. The van der Waals surface area contributed by atoms with Crippen molar-refractivity contribution in [2.24, 2.45) is 46.3 Å². The van der Waals surface area contributed by atoms with Gasteiger partial charge in [0.05, 0.1) is 12.2 Å². The molecule has 0 spiro atoms. The largest absolute Gasteiger partial charge is 0.508 e. The van der Waals surface area contributed by atoms with Crippen LogP contribution in [0.4, 0.5) is 0 Å². The zero-order valence-corrected chi connectivity index (χ0v) is 24.4. The Morgan fingerprint density at radius 2 is 1.73 bits per heavy atom. The summed E-state index contributed by atoms with van der Waals surface area (Å²) in [7, 11) is 0. The molecule has 0 unspecified atom stereocenters. The van der Waals surface area contributed by atoms with Crippen LogP contribution in [0, 0.1) is 46.3 Å². The lowest BCUT2D eigenvalue weighted by Gasteiger charge is -2.62. The van der Waals surface area contributed by atoms with E-state index < -0.39 is 12.0 Å². The second kappa shape index (κ2) is 11.3. The Kier molecular flexibility index (Phi) is 8.28. The van der Waals surface area contributed by atoms with Crippen molar-refractivity contribution in [3.05, 3.63) is 29.8 Å². The zero-order valence-electron chi connectivity index (χ0n) is 24.4. The summed E-state index contributed by atoms with van der Waals surface area (Å²) in [5.41, 5.74) is 0.796. The van der Waals surface area contributed by atoms with Gasteiger partial charge in [-0.15, -0.1) is 0 Å². The van der Waals surface area contributed by atoms with Crippen LogP contribution in [0.1, 0.15) is 90.5 Å². The predicted octanol–water partition coefficient (Wildman–Crippen LogP) is 4.91. The van der Waals surface area contributed by atoms with Crippen molar-refractivity contribution < 1.29 is 30.0 Å². The van der Waals surface area contributed by atoms with Gasteiger partial charge in [-0.05, 0) is 122 Å². The molecule has 4 fully saturated rings. The molecule has 0 aromatic heterocycles. The van der Waals surface area contributed by atoms with Gasteiger partial charge in [0.15, 0.2) is 0 Å². The van der Waals surface area contributed by atoms with Crippen LogP contribution in [0.15, 0.2) is 24.3 Å². The molecule has 4 aliphatic carbocycles. The van der Waals surface area contributed by atoms with Crippen molar-refractivity contribution in [2.45, 2.75) is 110 Å². The first kappa shape index (κ1) is 29.4. The number of fused-ring (bicyclic) bond motifs is 5. The molecule has 1 aromatic carbocycles. The number of aromatic hydroxyl groups is 1. The number of nitrogens with one attached hydrogen (secondary N) is 1. The van der Waals surface area contributed by atoms with Crippen LogP contribution in [0.2, 0.25) is 0 Å². The van der Waals surface area contributed by atoms with Crippen LogP contribution in [0.3, 0.4) is 0 Å². The Morgan fingerprint density at radius 3 is 2.42 bits per heavy atom. The normalized spacial score (nSPS) is 40.3. The van der Waals surface area contributed by atoms with E-state index in [1.807, 2.05) is 0 Å². The number of phenolic OH excluding ortho intramolecular Hbond substituents is 1. The van der Waals surface area contributed by atoms with Gasteiger partial charge in [0.2, 0.25) is 5.91 Å². The van der Waals surface area contributed by atoms with Gasteiger partial charge >= 0.3 is 5.97 Å². The first-order valence-corrected chi connectivity index (χ1v) is 15.6. The Bertz CT molecular complexity index is 1080. The standard InChI is InChI=1S/C33H49NO6/c1-19(4-13-30(38)34-28(31(39)40)16-20-5-8-22(35)9-6-20)25-11-12-26-24-10-7-21-17-23(36)14-15-32(21,2)27(24)18-29(37)33(25,26)3/h5-6,8-9,19,21,23-29,35-37H,4,7,10-18H2,1-3H3,(H,34,38)(H,39,40)/t19-,21-,23-,24+,25-,26+,27+,28+,29+,32+,33-/m1/s1. The number of rotatable bonds is 8. The van der Waals surface area contributed by atoms with E-state index in [9.17, 15) is 30.0 Å². The Morgan fingerprint density at radius 1 is 1.00 bits per heavy atom. The van der Waals surface area contributed by atoms with Crippen LogP contribution in [-0.2, 0) is 16.0 Å². The third-order valence-corrected chi connectivity index (χ3v) is 12.3. The second-order valence-corrected chi connectivity index (χ2v) is 14.2. The quantitative estimate of drug-likeness (QED) is 0.310. The lowest BCUT2D eigenvalue weighted by atomic mass is 9.43. The SMILES string of the molecule is C[C@H](CCC(=O)N[C@@H](Cc1ccc(O)cc1)C(=O)O)[C@H]1CC[C@H]2[C@@H]3CC[C@@H]4C[C@H](O)CC[C@]4(C)[C@H]3C[C@H](O)[C@]12C.